The van der Waals surface area contributed by atoms with E-state index < -0.39 is 12.0 Å². The van der Waals surface area contributed by atoms with Crippen LogP contribution in [0.3, 0.4) is 0 Å². The van der Waals surface area contributed by atoms with E-state index in [2.05, 4.69) is 4.98 Å². The monoisotopic (exact) mass is 497 g/mol. The van der Waals surface area contributed by atoms with Gasteiger partial charge in [0.1, 0.15) is 5.75 Å². The van der Waals surface area contributed by atoms with Gasteiger partial charge in [0.25, 0.3) is 5.56 Å². The van der Waals surface area contributed by atoms with Crippen molar-refractivity contribution >= 4 is 29.1 Å². The number of aromatic nitrogens is 2. The van der Waals surface area contributed by atoms with E-state index in [4.69, 9.17) is 14.5 Å². The number of fused-ring (bicyclic) bond motifs is 1. The third-order valence-corrected chi connectivity index (χ3v) is 6.77. The Morgan fingerprint density at radius 3 is 2.58 bits per heavy atom. The third kappa shape index (κ3) is 4.38. The first-order valence-electron chi connectivity index (χ1n) is 11.4. The van der Waals surface area contributed by atoms with Crippen LogP contribution in [0.15, 0.2) is 94.5 Å². The molecule has 1 aliphatic heterocycles. The molecule has 0 saturated heterocycles. The van der Waals surface area contributed by atoms with Crippen LogP contribution in [0.25, 0.3) is 11.8 Å². The molecule has 2 aromatic carbocycles. The van der Waals surface area contributed by atoms with Crippen LogP contribution < -0.4 is 19.6 Å². The molecular weight excluding hydrogens is 474 g/mol. The van der Waals surface area contributed by atoms with E-state index in [1.54, 1.807) is 31.0 Å². The van der Waals surface area contributed by atoms with E-state index in [-0.39, 0.29) is 12.2 Å². The quantitative estimate of drug-likeness (QED) is 0.382. The Morgan fingerprint density at radius 2 is 1.86 bits per heavy atom. The molecule has 0 N–H and O–H groups in total. The van der Waals surface area contributed by atoms with Crippen molar-refractivity contribution in [3.8, 4) is 5.75 Å². The van der Waals surface area contributed by atoms with Gasteiger partial charge in [-0.05, 0) is 48.4 Å². The summed E-state index contributed by atoms with van der Waals surface area (Å²) in [5, 5.41) is 0. The summed E-state index contributed by atoms with van der Waals surface area (Å²) >= 11 is 1.28. The Morgan fingerprint density at radius 1 is 1.08 bits per heavy atom. The summed E-state index contributed by atoms with van der Waals surface area (Å²) in [7, 11) is 1.58. The number of carbonyl (C=O) groups is 1. The van der Waals surface area contributed by atoms with Gasteiger partial charge >= 0.3 is 5.97 Å². The highest BCUT2D eigenvalue weighted by Crippen LogP contribution is 2.36. The van der Waals surface area contributed by atoms with Crippen LogP contribution in [-0.4, -0.2) is 29.2 Å². The zero-order chi connectivity index (χ0) is 25.1. The summed E-state index contributed by atoms with van der Waals surface area (Å²) < 4.78 is 13.0. The van der Waals surface area contributed by atoms with E-state index in [9.17, 15) is 9.59 Å². The van der Waals surface area contributed by atoms with Crippen LogP contribution in [0.4, 0.5) is 0 Å². The lowest BCUT2D eigenvalue weighted by molar-refractivity contribution is -0.138. The lowest BCUT2D eigenvalue weighted by Gasteiger charge is -2.26. The van der Waals surface area contributed by atoms with Gasteiger partial charge in [0.05, 0.1) is 35.6 Å². The van der Waals surface area contributed by atoms with Gasteiger partial charge < -0.3 is 9.47 Å². The molecule has 0 amide bonds. The number of hydrogen-bond donors (Lipinski definition) is 0. The molecule has 0 radical (unpaired) electrons. The molecule has 180 valence electrons. The van der Waals surface area contributed by atoms with Crippen molar-refractivity contribution in [1.29, 1.82) is 0 Å². The molecule has 0 fully saturated rings. The Bertz CT molecular complexity index is 1620. The van der Waals surface area contributed by atoms with E-state index in [0.717, 1.165) is 16.7 Å². The topological polar surface area (TPSA) is 82.8 Å². The number of esters is 1. The molecule has 1 atom stereocenters. The SMILES string of the molecule is CCOC(=O)C1=C(c2ccccc2)N=c2s/c(=C\c3ccncc3)c(=O)n2C1c1cccc(OC)c1. The molecule has 3 heterocycles. The van der Waals surface area contributed by atoms with Crippen LogP contribution in [0, 0.1) is 0 Å². The van der Waals surface area contributed by atoms with Gasteiger partial charge in [-0.1, -0.05) is 53.8 Å². The second-order valence-electron chi connectivity index (χ2n) is 7.99. The fourth-order valence-corrected chi connectivity index (χ4v) is 5.18. The highest BCUT2D eigenvalue weighted by Gasteiger charge is 2.35. The van der Waals surface area contributed by atoms with Crippen LogP contribution in [0.2, 0.25) is 0 Å². The molecule has 5 rings (SSSR count). The molecule has 1 unspecified atom stereocenters. The highest BCUT2D eigenvalue weighted by atomic mass is 32.1. The van der Waals surface area contributed by atoms with E-state index in [1.807, 2.05) is 72.8 Å². The van der Waals surface area contributed by atoms with Crippen molar-refractivity contribution < 1.29 is 14.3 Å². The number of rotatable bonds is 6. The van der Waals surface area contributed by atoms with Gasteiger partial charge in [0.2, 0.25) is 0 Å². The minimum atomic E-state index is -0.745. The molecular formula is C28H23N3O4S. The smallest absolute Gasteiger partial charge is 0.338 e. The number of carbonyl (C=O) groups excluding carboxylic acids is 1. The van der Waals surface area contributed by atoms with Gasteiger partial charge in [-0.25, -0.2) is 9.79 Å². The molecule has 0 spiro atoms. The van der Waals surface area contributed by atoms with Crippen LogP contribution in [-0.2, 0) is 9.53 Å². The molecule has 4 aromatic rings. The third-order valence-electron chi connectivity index (χ3n) is 5.79. The Kier molecular flexibility index (Phi) is 6.60. The average molecular weight is 498 g/mol. The zero-order valence-corrected chi connectivity index (χ0v) is 20.6. The van der Waals surface area contributed by atoms with Crippen molar-refractivity contribution in [3.05, 3.63) is 121 Å². The van der Waals surface area contributed by atoms with Crippen LogP contribution >= 0.6 is 11.3 Å². The number of hydrogen-bond acceptors (Lipinski definition) is 7. The molecule has 36 heavy (non-hydrogen) atoms. The summed E-state index contributed by atoms with van der Waals surface area (Å²) in [5.41, 5.74) is 2.88. The average Bonchev–Trinajstić information content (AvgIpc) is 3.23. The van der Waals surface area contributed by atoms with E-state index in [1.165, 1.54) is 11.3 Å². The molecule has 1 aliphatic rings. The molecule has 0 saturated carbocycles. The standard InChI is InChI=1S/C28H23N3O4S/c1-3-35-27(33)23-24(19-8-5-4-6-9-19)30-28-31(25(23)20-10-7-11-21(17-20)34-2)26(32)22(36-28)16-18-12-14-29-15-13-18/h4-17,25H,3H2,1-2H3/b22-16-. The predicted molar refractivity (Wildman–Crippen MR) is 138 cm³/mol. The molecule has 7 nitrogen and oxygen atoms in total. The molecule has 8 heteroatoms. The second kappa shape index (κ2) is 10.1. The minimum Gasteiger partial charge on any atom is -0.497 e. The number of pyridine rings is 1. The predicted octanol–water partition coefficient (Wildman–Crippen LogP) is 3.34. The first kappa shape index (κ1) is 23.4. The fraction of sp³-hybridized carbons (Fsp3) is 0.143. The maximum atomic E-state index is 13.8. The summed E-state index contributed by atoms with van der Waals surface area (Å²) in [6, 6.07) is 19.8. The zero-order valence-electron chi connectivity index (χ0n) is 19.8. The number of ether oxygens (including phenoxy) is 2. The van der Waals surface area contributed by atoms with Gasteiger partial charge in [0, 0.05) is 18.0 Å². The number of benzene rings is 2. The van der Waals surface area contributed by atoms with Crippen LogP contribution in [0.1, 0.15) is 29.7 Å². The van der Waals surface area contributed by atoms with E-state index in [0.29, 0.717) is 26.4 Å². The van der Waals surface area contributed by atoms with Crippen molar-refractivity contribution in [2.45, 2.75) is 13.0 Å². The Hall–Kier alpha value is -4.30. The van der Waals surface area contributed by atoms with Crippen LogP contribution in [0.5, 0.6) is 5.75 Å². The summed E-state index contributed by atoms with van der Waals surface area (Å²) in [5.74, 6) is 0.101. The molecule has 2 aromatic heterocycles. The van der Waals surface area contributed by atoms with E-state index >= 15 is 0 Å². The van der Waals surface area contributed by atoms with Gasteiger partial charge in [0.15, 0.2) is 4.80 Å². The van der Waals surface area contributed by atoms with Crippen molar-refractivity contribution in [1.82, 2.24) is 9.55 Å². The first-order chi connectivity index (χ1) is 17.6. The van der Waals surface area contributed by atoms with Gasteiger partial charge in [-0.2, -0.15) is 0 Å². The Balaban J connectivity index is 1.85. The number of nitrogens with zero attached hydrogens (tertiary/aromatic N) is 3. The van der Waals surface area contributed by atoms with Crippen molar-refractivity contribution in [2.24, 2.45) is 4.99 Å². The van der Waals surface area contributed by atoms with Crippen molar-refractivity contribution in [3.63, 3.8) is 0 Å². The van der Waals surface area contributed by atoms with Crippen molar-refractivity contribution in [2.75, 3.05) is 13.7 Å². The maximum absolute atomic E-state index is 13.8. The minimum absolute atomic E-state index is 0.196. The molecule has 0 bridgehead atoms. The Labute approximate surface area is 211 Å². The van der Waals surface area contributed by atoms with Gasteiger partial charge in [-0.15, -0.1) is 0 Å². The normalized spacial score (nSPS) is 15.3. The molecule has 0 aliphatic carbocycles. The first-order valence-corrected chi connectivity index (χ1v) is 12.2. The number of thiazole rings is 1. The lowest BCUT2D eigenvalue weighted by Crippen LogP contribution is -2.40. The summed E-state index contributed by atoms with van der Waals surface area (Å²) in [6.07, 6.45) is 5.16. The second-order valence-corrected chi connectivity index (χ2v) is 9.00. The number of methoxy groups -OCH3 is 1. The van der Waals surface area contributed by atoms with Gasteiger partial charge in [-0.3, -0.25) is 14.3 Å². The maximum Gasteiger partial charge on any atom is 0.338 e. The lowest BCUT2D eigenvalue weighted by atomic mass is 9.93. The highest BCUT2D eigenvalue weighted by molar-refractivity contribution is 7.07. The summed E-state index contributed by atoms with van der Waals surface area (Å²) in [4.78, 5) is 36.6. The summed E-state index contributed by atoms with van der Waals surface area (Å²) in [6.45, 7) is 1.95. The largest absolute Gasteiger partial charge is 0.497 e. The fourth-order valence-electron chi connectivity index (χ4n) is 4.18.